The third-order valence-electron chi connectivity index (χ3n) is 5.16. The monoisotopic (exact) mass is 375 g/mol. The van der Waals surface area contributed by atoms with Gasteiger partial charge in [-0.15, -0.1) is 0 Å². The lowest BCUT2D eigenvalue weighted by atomic mass is 9.99. The van der Waals surface area contributed by atoms with E-state index in [1.807, 2.05) is 6.07 Å². The highest BCUT2D eigenvalue weighted by Crippen LogP contribution is 2.31. The van der Waals surface area contributed by atoms with Gasteiger partial charge in [-0.3, -0.25) is 4.79 Å². The number of likely N-dealkylation sites (tertiary alicyclic amines) is 1. The first-order valence-electron chi connectivity index (χ1n) is 9.25. The van der Waals surface area contributed by atoms with Crippen molar-refractivity contribution in [2.24, 2.45) is 5.92 Å². The van der Waals surface area contributed by atoms with Gasteiger partial charge in [0.2, 0.25) is 0 Å². The quantitative estimate of drug-likeness (QED) is 0.784. The molecule has 1 aromatic rings. The van der Waals surface area contributed by atoms with Crippen molar-refractivity contribution >= 4 is 29.3 Å². The van der Waals surface area contributed by atoms with Crippen LogP contribution in [-0.2, 0) is 9.53 Å². The zero-order valence-corrected chi connectivity index (χ0v) is 15.4. The molecule has 1 aromatic carbocycles. The Hall–Kier alpha value is -2.77. The van der Waals surface area contributed by atoms with Crippen LogP contribution in [0.1, 0.15) is 36.0 Å². The number of nitrogens with zero attached hydrogens (tertiary/aromatic N) is 2. The van der Waals surface area contributed by atoms with Crippen molar-refractivity contribution in [2.45, 2.75) is 25.7 Å². The van der Waals surface area contributed by atoms with Gasteiger partial charge in [0, 0.05) is 26.2 Å². The second kappa shape index (κ2) is 8.28. The van der Waals surface area contributed by atoms with E-state index in [-0.39, 0.29) is 12.6 Å². The van der Waals surface area contributed by atoms with Crippen LogP contribution >= 0.6 is 0 Å². The van der Waals surface area contributed by atoms with Crippen LogP contribution in [0.15, 0.2) is 18.2 Å². The van der Waals surface area contributed by atoms with Crippen molar-refractivity contribution in [2.75, 3.05) is 43.5 Å². The van der Waals surface area contributed by atoms with Crippen molar-refractivity contribution in [3.8, 4) is 0 Å². The number of aliphatic carboxylic acids is 1. The van der Waals surface area contributed by atoms with E-state index in [2.05, 4.69) is 10.2 Å². The number of methoxy groups -OCH3 is 1. The number of anilines is 2. The largest absolute Gasteiger partial charge is 0.481 e. The first kappa shape index (κ1) is 19.0. The van der Waals surface area contributed by atoms with E-state index in [4.69, 9.17) is 4.74 Å². The van der Waals surface area contributed by atoms with E-state index in [9.17, 15) is 19.5 Å². The summed E-state index contributed by atoms with van der Waals surface area (Å²) in [5, 5.41) is 12.1. The topological polar surface area (TPSA) is 99.2 Å². The number of amides is 2. The summed E-state index contributed by atoms with van der Waals surface area (Å²) in [6.45, 7) is 2.50. The predicted molar refractivity (Wildman–Crippen MR) is 100 cm³/mol. The van der Waals surface area contributed by atoms with Gasteiger partial charge in [0.25, 0.3) is 0 Å². The van der Waals surface area contributed by atoms with Crippen LogP contribution < -0.4 is 10.2 Å². The summed E-state index contributed by atoms with van der Waals surface area (Å²) >= 11 is 0. The van der Waals surface area contributed by atoms with E-state index >= 15 is 0 Å². The molecular formula is C19H25N3O5. The molecule has 2 heterocycles. The number of urea groups is 1. The van der Waals surface area contributed by atoms with Gasteiger partial charge in [0.1, 0.15) is 0 Å². The van der Waals surface area contributed by atoms with Crippen LogP contribution in [0.4, 0.5) is 16.2 Å². The van der Waals surface area contributed by atoms with Gasteiger partial charge in [0.05, 0.1) is 30.0 Å². The molecule has 2 N–H and O–H groups in total. The number of ether oxygens (including phenoxy) is 1. The van der Waals surface area contributed by atoms with Crippen molar-refractivity contribution in [1.82, 2.24) is 4.90 Å². The summed E-state index contributed by atoms with van der Waals surface area (Å²) in [5.74, 6) is -1.88. The lowest BCUT2D eigenvalue weighted by Gasteiger charge is -2.31. The Kier molecular flexibility index (Phi) is 5.83. The van der Waals surface area contributed by atoms with Gasteiger partial charge in [-0.2, -0.15) is 0 Å². The molecule has 0 aromatic heterocycles. The molecule has 0 spiro atoms. The molecule has 27 heavy (non-hydrogen) atoms. The number of carboxylic acid groups (broad SMARTS) is 1. The fraction of sp³-hybridized carbons (Fsp3) is 0.526. The molecule has 1 atom stereocenters. The smallest absolute Gasteiger partial charge is 0.337 e. The third kappa shape index (κ3) is 4.32. The molecule has 0 bridgehead atoms. The molecule has 2 fully saturated rings. The summed E-state index contributed by atoms with van der Waals surface area (Å²) in [4.78, 5) is 39.6. The van der Waals surface area contributed by atoms with Crippen LogP contribution in [0.2, 0.25) is 0 Å². The molecule has 3 rings (SSSR count). The predicted octanol–water partition coefficient (Wildman–Crippen LogP) is 2.40. The zero-order valence-electron chi connectivity index (χ0n) is 15.4. The van der Waals surface area contributed by atoms with E-state index in [1.54, 1.807) is 12.1 Å². The molecule has 2 aliphatic rings. The maximum atomic E-state index is 12.7. The van der Waals surface area contributed by atoms with Gasteiger partial charge in [-0.05, 0) is 43.9 Å². The van der Waals surface area contributed by atoms with E-state index in [1.165, 1.54) is 12.0 Å². The second-order valence-electron chi connectivity index (χ2n) is 6.97. The molecule has 8 heteroatoms. The lowest BCUT2D eigenvalue weighted by Crippen LogP contribution is -2.44. The Bertz CT molecular complexity index is 730. The number of esters is 1. The average molecular weight is 375 g/mol. The highest BCUT2D eigenvalue weighted by molar-refractivity contribution is 5.97. The molecule has 2 aliphatic heterocycles. The first-order chi connectivity index (χ1) is 13.0. The summed E-state index contributed by atoms with van der Waals surface area (Å²) in [7, 11) is 1.31. The molecule has 2 saturated heterocycles. The van der Waals surface area contributed by atoms with E-state index < -0.39 is 17.9 Å². The van der Waals surface area contributed by atoms with Crippen molar-refractivity contribution < 1.29 is 24.2 Å². The number of hydrogen-bond donors (Lipinski definition) is 2. The average Bonchev–Trinajstić information content (AvgIpc) is 3.21. The maximum absolute atomic E-state index is 12.7. The summed E-state index contributed by atoms with van der Waals surface area (Å²) in [6.07, 6.45) is 3.40. The van der Waals surface area contributed by atoms with Crippen LogP contribution in [-0.4, -0.2) is 61.3 Å². The number of hydrogen-bond acceptors (Lipinski definition) is 5. The van der Waals surface area contributed by atoms with Crippen LogP contribution in [0.5, 0.6) is 0 Å². The Morgan fingerprint density at radius 1 is 1.15 bits per heavy atom. The number of carbonyl (C=O) groups excluding carboxylic acids is 2. The molecule has 0 saturated carbocycles. The van der Waals surface area contributed by atoms with Crippen LogP contribution in [0.25, 0.3) is 0 Å². The minimum Gasteiger partial charge on any atom is -0.481 e. The molecule has 0 aliphatic carbocycles. The molecule has 1 unspecified atom stereocenters. The normalized spacial score (nSPS) is 19.7. The number of carboxylic acids is 1. The fourth-order valence-electron chi connectivity index (χ4n) is 3.67. The third-order valence-corrected chi connectivity index (χ3v) is 5.16. The Morgan fingerprint density at radius 2 is 1.89 bits per heavy atom. The van der Waals surface area contributed by atoms with Crippen molar-refractivity contribution in [1.29, 1.82) is 0 Å². The first-order valence-corrected chi connectivity index (χ1v) is 9.25. The standard InChI is InChI=1S/C19H25N3O5/c1-27-18(25)13-6-7-16(21-8-2-3-9-21)15(11-13)20-19(26)22-10-4-5-14(12-22)17(23)24/h6-7,11,14H,2-5,8-10,12H2,1H3,(H,20,26)(H,23,24). The number of benzene rings is 1. The fourth-order valence-corrected chi connectivity index (χ4v) is 3.67. The van der Waals surface area contributed by atoms with Crippen LogP contribution in [0, 0.1) is 5.92 Å². The molecule has 0 radical (unpaired) electrons. The van der Waals surface area contributed by atoms with Crippen LogP contribution in [0.3, 0.4) is 0 Å². The molecular weight excluding hydrogens is 350 g/mol. The van der Waals surface area contributed by atoms with Crippen molar-refractivity contribution in [3.63, 3.8) is 0 Å². The highest BCUT2D eigenvalue weighted by Gasteiger charge is 2.29. The Morgan fingerprint density at radius 3 is 2.56 bits per heavy atom. The van der Waals surface area contributed by atoms with Gasteiger partial charge in [-0.25, -0.2) is 9.59 Å². The SMILES string of the molecule is COC(=O)c1ccc(N2CCCC2)c(NC(=O)N2CCCC(C(=O)O)C2)c1. The second-order valence-corrected chi connectivity index (χ2v) is 6.97. The number of carbonyl (C=O) groups is 3. The summed E-state index contributed by atoms with van der Waals surface area (Å²) in [6, 6.07) is 4.79. The van der Waals surface area contributed by atoms with Gasteiger partial charge in [-0.1, -0.05) is 0 Å². The molecule has 8 nitrogen and oxygen atoms in total. The number of rotatable bonds is 4. The molecule has 2 amide bonds. The zero-order chi connectivity index (χ0) is 19.4. The minimum atomic E-state index is -0.877. The van der Waals surface area contributed by atoms with Gasteiger partial charge >= 0.3 is 18.0 Å². The number of nitrogens with one attached hydrogen (secondary N) is 1. The maximum Gasteiger partial charge on any atom is 0.337 e. The van der Waals surface area contributed by atoms with E-state index in [0.717, 1.165) is 31.6 Å². The summed E-state index contributed by atoms with van der Waals surface area (Å²) in [5.41, 5.74) is 1.76. The lowest BCUT2D eigenvalue weighted by molar-refractivity contribution is -0.143. The number of piperidine rings is 1. The summed E-state index contributed by atoms with van der Waals surface area (Å²) < 4.78 is 4.78. The Labute approximate surface area is 158 Å². The highest BCUT2D eigenvalue weighted by atomic mass is 16.5. The Balaban J connectivity index is 1.81. The minimum absolute atomic E-state index is 0.191. The van der Waals surface area contributed by atoms with Gasteiger partial charge in [0.15, 0.2) is 0 Å². The molecule has 146 valence electrons. The van der Waals surface area contributed by atoms with Crippen molar-refractivity contribution in [3.05, 3.63) is 23.8 Å². The van der Waals surface area contributed by atoms with E-state index in [0.29, 0.717) is 30.6 Å². The van der Waals surface area contributed by atoms with Gasteiger partial charge < -0.3 is 25.0 Å².